The van der Waals surface area contributed by atoms with Crippen LogP contribution in [0, 0.1) is 5.92 Å². The Morgan fingerprint density at radius 3 is 2.79 bits per heavy atom. The maximum Gasteiger partial charge on any atom is 0.0209 e. The summed E-state index contributed by atoms with van der Waals surface area (Å²) < 4.78 is 0. The highest BCUT2D eigenvalue weighted by Gasteiger charge is 2.42. The van der Waals surface area contributed by atoms with E-state index in [1.54, 1.807) is 0 Å². The Bertz CT molecular complexity index is 191. The van der Waals surface area contributed by atoms with Crippen molar-refractivity contribution in [2.75, 3.05) is 13.1 Å². The summed E-state index contributed by atoms with van der Waals surface area (Å²) >= 11 is 0. The van der Waals surface area contributed by atoms with Crippen LogP contribution in [0.15, 0.2) is 0 Å². The summed E-state index contributed by atoms with van der Waals surface area (Å²) in [6.07, 6.45) is 4.19. The minimum Gasteiger partial charge on any atom is -0.310 e. The zero-order chi connectivity index (χ0) is 10.1. The lowest BCUT2D eigenvalue weighted by atomic mass is 10.2. The SMILES string of the molecule is CCC1CC1N1CCC(NC(C)C)C1. The molecule has 1 saturated heterocycles. The molecule has 1 N–H and O–H groups in total. The van der Waals surface area contributed by atoms with E-state index in [0.29, 0.717) is 6.04 Å². The molecule has 2 nitrogen and oxygen atoms in total. The third-order valence-electron chi connectivity index (χ3n) is 3.67. The Labute approximate surface area is 88.1 Å². The quantitative estimate of drug-likeness (QED) is 0.738. The smallest absolute Gasteiger partial charge is 0.0209 e. The minimum atomic E-state index is 0.640. The molecule has 0 amide bonds. The molecule has 2 heteroatoms. The van der Waals surface area contributed by atoms with Crippen LogP contribution < -0.4 is 5.32 Å². The molecule has 1 aliphatic carbocycles. The first-order chi connectivity index (χ1) is 6.70. The van der Waals surface area contributed by atoms with Gasteiger partial charge in [-0.25, -0.2) is 0 Å². The number of nitrogens with one attached hydrogen (secondary N) is 1. The van der Waals surface area contributed by atoms with E-state index >= 15 is 0 Å². The lowest BCUT2D eigenvalue weighted by Gasteiger charge is -2.18. The van der Waals surface area contributed by atoms with Gasteiger partial charge >= 0.3 is 0 Å². The van der Waals surface area contributed by atoms with Crippen molar-refractivity contribution >= 4 is 0 Å². The van der Waals surface area contributed by atoms with Gasteiger partial charge in [0.1, 0.15) is 0 Å². The number of rotatable bonds is 4. The van der Waals surface area contributed by atoms with Crippen LogP contribution in [0.4, 0.5) is 0 Å². The molecule has 1 heterocycles. The predicted molar refractivity (Wildman–Crippen MR) is 60.4 cm³/mol. The van der Waals surface area contributed by atoms with Crippen LogP contribution >= 0.6 is 0 Å². The summed E-state index contributed by atoms with van der Waals surface area (Å²) in [5.41, 5.74) is 0. The molecule has 0 bridgehead atoms. The first-order valence-electron chi connectivity index (χ1n) is 6.20. The molecule has 1 saturated carbocycles. The first kappa shape index (κ1) is 10.4. The molecule has 1 aliphatic heterocycles. The van der Waals surface area contributed by atoms with Gasteiger partial charge in [-0.2, -0.15) is 0 Å². The molecule has 82 valence electrons. The lowest BCUT2D eigenvalue weighted by molar-refractivity contribution is 0.299. The van der Waals surface area contributed by atoms with Gasteiger partial charge in [-0.15, -0.1) is 0 Å². The molecule has 3 atom stereocenters. The monoisotopic (exact) mass is 196 g/mol. The molecule has 2 rings (SSSR count). The van der Waals surface area contributed by atoms with E-state index in [2.05, 4.69) is 31.0 Å². The highest BCUT2D eigenvalue weighted by atomic mass is 15.2. The Balaban J connectivity index is 1.73. The molecule has 2 aliphatic rings. The first-order valence-corrected chi connectivity index (χ1v) is 6.20. The molecule has 0 radical (unpaired) electrons. The highest BCUT2D eigenvalue weighted by Crippen LogP contribution is 2.39. The van der Waals surface area contributed by atoms with Gasteiger partial charge in [0, 0.05) is 31.2 Å². The van der Waals surface area contributed by atoms with E-state index < -0.39 is 0 Å². The Kier molecular flexibility index (Phi) is 3.13. The van der Waals surface area contributed by atoms with E-state index in [0.717, 1.165) is 18.0 Å². The van der Waals surface area contributed by atoms with Gasteiger partial charge in [-0.1, -0.05) is 27.2 Å². The second-order valence-electron chi connectivity index (χ2n) is 5.27. The Hall–Kier alpha value is -0.0800. The largest absolute Gasteiger partial charge is 0.310 e. The van der Waals surface area contributed by atoms with Gasteiger partial charge in [0.2, 0.25) is 0 Å². The number of hydrogen-bond donors (Lipinski definition) is 1. The Morgan fingerprint density at radius 1 is 1.43 bits per heavy atom. The van der Waals surface area contributed by atoms with Gasteiger partial charge < -0.3 is 5.32 Å². The molecular formula is C12H24N2. The molecular weight excluding hydrogens is 172 g/mol. The fourth-order valence-corrected chi connectivity index (χ4v) is 2.81. The third kappa shape index (κ3) is 2.29. The summed E-state index contributed by atoms with van der Waals surface area (Å²) in [6.45, 7) is 9.43. The number of hydrogen-bond acceptors (Lipinski definition) is 2. The fraction of sp³-hybridized carbons (Fsp3) is 1.00. The standard InChI is InChI=1S/C12H24N2/c1-4-10-7-12(10)14-6-5-11(8-14)13-9(2)3/h9-13H,4-8H2,1-3H3. The summed E-state index contributed by atoms with van der Waals surface area (Å²) in [5, 5.41) is 3.65. The molecule has 0 aromatic rings. The maximum atomic E-state index is 3.65. The predicted octanol–water partition coefficient (Wildman–Crippen LogP) is 1.86. The number of nitrogens with zero attached hydrogens (tertiary/aromatic N) is 1. The van der Waals surface area contributed by atoms with Gasteiger partial charge in [0.15, 0.2) is 0 Å². The van der Waals surface area contributed by atoms with Crippen LogP contribution in [0.1, 0.15) is 40.0 Å². The van der Waals surface area contributed by atoms with Crippen molar-refractivity contribution in [1.82, 2.24) is 10.2 Å². The average Bonchev–Trinajstić information content (AvgIpc) is 2.79. The van der Waals surface area contributed by atoms with E-state index in [4.69, 9.17) is 0 Å². The van der Waals surface area contributed by atoms with Crippen LogP contribution in [-0.4, -0.2) is 36.1 Å². The topological polar surface area (TPSA) is 15.3 Å². The molecule has 0 spiro atoms. The van der Waals surface area contributed by atoms with Gasteiger partial charge in [-0.05, 0) is 18.8 Å². The second-order valence-corrected chi connectivity index (χ2v) is 5.27. The molecule has 0 aromatic heterocycles. The van der Waals surface area contributed by atoms with Crippen LogP contribution in [0.25, 0.3) is 0 Å². The third-order valence-corrected chi connectivity index (χ3v) is 3.67. The van der Waals surface area contributed by atoms with Crippen molar-refractivity contribution in [2.24, 2.45) is 5.92 Å². The minimum absolute atomic E-state index is 0.640. The zero-order valence-electron chi connectivity index (χ0n) is 9.79. The van der Waals surface area contributed by atoms with E-state index in [-0.39, 0.29) is 0 Å². The van der Waals surface area contributed by atoms with Crippen LogP contribution in [0.2, 0.25) is 0 Å². The zero-order valence-corrected chi connectivity index (χ0v) is 9.79. The normalized spacial score (nSPS) is 38.1. The van der Waals surface area contributed by atoms with Crippen molar-refractivity contribution in [3.63, 3.8) is 0 Å². The van der Waals surface area contributed by atoms with Crippen molar-refractivity contribution < 1.29 is 0 Å². The average molecular weight is 196 g/mol. The van der Waals surface area contributed by atoms with Crippen molar-refractivity contribution in [3.05, 3.63) is 0 Å². The molecule has 14 heavy (non-hydrogen) atoms. The van der Waals surface area contributed by atoms with Gasteiger partial charge in [0.05, 0.1) is 0 Å². The maximum absolute atomic E-state index is 3.65. The van der Waals surface area contributed by atoms with Crippen LogP contribution in [0.5, 0.6) is 0 Å². The molecule has 2 fully saturated rings. The van der Waals surface area contributed by atoms with Crippen molar-refractivity contribution in [2.45, 2.75) is 58.2 Å². The van der Waals surface area contributed by atoms with Gasteiger partial charge in [-0.3, -0.25) is 4.90 Å². The summed E-state index contributed by atoms with van der Waals surface area (Å²) in [5.74, 6) is 1.02. The van der Waals surface area contributed by atoms with Gasteiger partial charge in [0.25, 0.3) is 0 Å². The molecule has 3 unspecified atom stereocenters. The summed E-state index contributed by atoms with van der Waals surface area (Å²) in [7, 11) is 0. The van der Waals surface area contributed by atoms with E-state index in [9.17, 15) is 0 Å². The lowest BCUT2D eigenvalue weighted by Crippen LogP contribution is -2.37. The van der Waals surface area contributed by atoms with Crippen molar-refractivity contribution in [1.29, 1.82) is 0 Å². The van der Waals surface area contributed by atoms with Crippen molar-refractivity contribution in [3.8, 4) is 0 Å². The summed E-state index contributed by atoms with van der Waals surface area (Å²) in [6, 6.07) is 2.34. The number of likely N-dealkylation sites (tertiary alicyclic amines) is 1. The molecule has 0 aromatic carbocycles. The van der Waals surface area contributed by atoms with Crippen LogP contribution in [0.3, 0.4) is 0 Å². The van der Waals surface area contributed by atoms with E-state index in [1.807, 2.05) is 0 Å². The Morgan fingerprint density at radius 2 is 2.21 bits per heavy atom. The fourth-order valence-electron chi connectivity index (χ4n) is 2.81. The second kappa shape index (κ2) is 4.19. The summed E-state index contributed by atoms with van der Waals surface area (Å²) in [4.78, 5) is 2.70. The van der Waals surface area contributed by atoms with E-state index in [1.165, 1.54) is 32.4 Å². The van der Waals surface area contributed by atoms with Crippen LogP contribution in [-0.2, 0) is 0 Å². The highest BCUT2D eigenvalue weighted by molar-refractivity contribution is 4.98.